The van der Waals surface area contributed by atoms with Gasteiger partial charge in [0.15, 0.2) is 0 Å². The highest BCUT2D eigenvalue weighted by atomic mass is 16.5. The van der Waals surface area contributed by atoms with Crippen molar-refractivity contribution < 1.29 is 23.8 Å². The molecule has 41 heavy (non-hydrogen) atoms. The molecule has 2 aromatic carbocycles. The zero-order chi connectivity index (χ0) is 29.3. The number of hydrogen-bond donors (Lipinski definition) is 2. The molecule has 0 atom stereocenters. The highest BCUT2D eigenvalue weighted by molar-refractivity contribution is 5.91. The first kappa shape index (κ1) is 32.0. The molecule has 0 spiro atoms. The Kier molecular flexibility index (Phi) is 14.1. The SMILES string of the molecule is CCCC1CCC(COc2ccc(C=CC(=O)OCCCCCCCCOC(=O)c3cc(N)cc(N)c3)cc2)CC1. The van der Waals surface area contributed by atoms with Gasteiger partial charge in [0.05, 0.1) is 25.4 Å². The fourth-order valence-electron chi connectivity index (χ4n) is 5.32. The van der Waals surface area contributed by atoms with E-state index in [-0.39, 0.29) is 5.97 Å². The number of carbonyl (C=O) groups excluding carboxylic acids is 2. The van der Waals surface area contributed by atoms with Crippen LogP contribution in [0.2, 0.25) is 0 Å². The average molecular weight is 565 g/mol. The topological polar surface area (TPSA) is 114 Å². The van der Waals surface area contributed by atoms with Crippen LogP contribution in [0.5, 0.6) is 5.75 Å². The summed E-state index contributed by atoms with van der Waals surface area (Å²) in [6, 6.07) is 12.6. The Morgan fingerprint density at radius 1 is 0.805 bits per heavy atom. The molecule has 224 valence electrons. The van der Waals surface area contributed by atoms with Crippen molar-refractivity contribution in [3.63, 3.8) is 0 Å². The maximum atomic E-state index is 12.1. The minimum atomic E-state index is -0.406. The van der Waals surface area contributed by atoms with Gasteiger partial charge >= 0.3 is 11.9 Å². The number of nitrogen functional groups attached to an aromatic ring is 2. The van der Waals surface area contributed by atoms with Gasteiger partial charge in [0.2, 0.25) is 0 Å². The molecular formula is C34H48N2O5. The second-order valence-corrected chi connectivity index (χ2v) is 11.2. The first-order valence-electron chi connectivity index (χ1n) is 15.3. The van der Waals surface area contributed by atoms with Crippen molar-refractivity contribution in [2.75, 3.05) is 31.3 Å². The summed E-state index contributed by atoms with van der Waals surface area (Å²) in [4.78, 5) is 24.1. The van der Waals surface area contributed by atoms with Gasteiger partial charge in [0.1, 0.15) is 5.75 Å². The van der Waals surface area contributed by atoms with Crippen molar-refractivity contribution in [3.8, 4) is 5.75 Å². The van der Waals surface area contributed by atoms with E-state index in [0.29, 0.717) is 36.1 Å². The molecule has 0 amide bonds. The Labute approximate surface area is 245 Å². The van der Waals surface area contributed by atoms with Crippen LogP contribution in [0.4, 0.5) is 11.4 Å². The first-order chi connectivity index (χ1) is 19.9. The van der Waals surface area contributed by atoms with E-state index in [1.807, 2.05) is 24.3 Å². The third-order valence-corrected chi connectivity index (χ3v) is 7.67. The minimum absolute atomic E-state index is 0.326. The predicted molar refractivity (Wildman–Crippen MR) is 166 cm³/mol. The number of unbranched alkanes of at least 4 members (excludes halogenated alkanes) is 5. The molecular weight excluding hydrogens is 516 g/mol. The van der Waals surface area contributed by atoms with E-state index in [0.717, 1.165) is 62.4 Å². The fraction of sp³-hybridized carbons (Fsp3) is 0.529. The van der Waals surface area contributed by atoms with Crippen molar-refractivity contribution >= 4 is 29.4 Å². The van der Waals surface area contributed by atoms with Crippen LogP contribution in [0.3, 0.4) is 0 Å². The van der Waals surface area contributed by atoms with Crippen LogP contribution in [0.15, 0.2) is 48.5 Å². The molecule has 0 heterocycles. The van der Waals surface area contributed by atoms with E-state index in [9.17, 15) is 9.59 Å². The number of hydrogen-bond acceptors (Lipinski definition) is 7. The number of ether oxygens (including phenoxy) is 3. The van der Waals surface area contributed by atoms with Crippen LogP contribution in [0.1, 0.15) is 99.9 Å². The first-order valence-corrected chi connectivity index (χ1v) is 15.3. The van der Waals surface area contributed by atoms with Gasteiger partial charge in [-0.25, -0.2) is 9.59 Å². The van der Waals surface area contributed by atoms with Gasteiger partial charge in [-0.05, 0) is 79.5 Å². The Morgan fingerprint density at radius 3 is 2.02 bits per heavy atom. The quantitative estimate of drug-likeness (QED) is 0.0880. The number of esters is 2. The van der Waals surface area contributed by atoms with Crippen LogP contribution in [-0.2, 0) is 14.3 Å². The number of carbonyl (C=O) groups is 2. The summed E-state index contributed by atoms with van der Waals surface area (Å²) in [6.07, 6.45) is 16.8. The highest BCUT2D eigenvalue weighted by Crippen LogP contribution is 2.32. The van der Waals surface area contributed by atoms with Gasteiger partial charge in [-0.15, -0.1) is 0 Å². The molecule has 1 aliphatic carbocycles. The maximum Gasteiger partial charge on any atom is 0.338 e. The van der Waals surface area contributed by atoms with Gasteiger partial charge in [0, 0.05) is 17.5 Å². The molecule has 4 N–H and O–H groups in total. The third-order valence-electron chi connectivity index (χ3n) is 7.67. The summed E-state index contributed by atoms with van der Waals surface area (Å²) in [7, 11) is 0. The van der Waals surface area contributed by atoms with Gasteiger partial charge in [-0.2, -0.15) is 0 Å². The standard InChI is InChI=1S/C34H48N2O5/c1-2-9-26-10-12-28(13-11-26)25-41-32-17-14-27(15-18-32)16-19-33(37)39-20-7-5-3-4-6-8-21-40-34(38)29-22-30(35)24-31(36)23-29/h14-19,22-24,26,28H,2-13,20-21,25,35-36H2,1H3. The normalized spacial score (nSPS) is 16.9. The number of nitrogens with two attached hydrogens (primary N) is 2. The zero-order valence-electron chi connectivity index (χ0n) is 24.7. The molecule has 1 fully saturated rings. The second-order valence-electron chi connectivity index (χ2n) is 11.2. The fourth-order valence-corrected chi connectivity index (χ4v) is 5.32. The third kappa shape index (κ3) is 12.7. The number of benzene rings is 2. The highest BCUT2D eigenvalue weighted by Gasteiger charge is 2.21. The summed E-state index contributed by atoms with van der Waals surface area (Å²) < 4.78 is 16.6. The lowest BCUT2D eigenvalue weighted by molar-refractivity contribution is -0.137. The van der Waals surface area contributed by atoms with Crippen molar-refractivity contribution in [3.05, 3.63) is 59.7 Å². The van der Waals surface area contributed by atoms with Crippen molar-refractivity contribution in [1.29, 1.82) is 0 Å². The Hall–Kier alpha value is -3.48. The van der Waals surface area contributed by atoms with Crippen LogP contribution in [0.25, 0.3) is 6.08 Å². The van der Waals surface area contributed by atoms with E-state index in [2.05, 4.69) is 6.92 Å². The molecule has 0 saturated heterocycles. The van der Waals surface area contributed by atoms with Crippen molar-refractivity contribution in [2.24, 2.45) is 11.8 Å². The molecule has 1 saturated carbocycles. The van der Waals surface area contributed by atoms with Gasteiger partial charge in [-0.3, -0.25) is 0 Å². The Balaban J connectivity index is 1.17. The molecule has 1 aliphatic rings. The van der Waals surface area contributed by atoms with E-state index in [1.165, 1.54) is 44.6 Å². The maximum absolute atomic E-state index is 12.1. The molecule has 0 unspecified atom stereocenters. The molecule has 7 nitrogen and oxygen atoms in total. The summed E-state index contributed by atoms with van der Waals surface area (Å²) in [5.41, 5.74) is 13.6. The summed E-state index contributed by atoms with van der Waals surface area (Å²) in [5.74, 6) is 1.73. The molecule has 0 bridgehead atoms. The Morgan fingerprint density at radius 2 is 1.39 bits per heavy atom. The largest absolute Gasteiger partial charge is 0.493 e. The molecule has 7 heteroatoms. The summed E-state index contributed by atoms with van der Waals surface area (Å²) >= 11 is 0. The van der Waals surface area contributed by atoms with Crippen LogP contribution in [-0.4, -0.2) is 31.8 Å². The van der Waals surface area contributed by atoms with E-state index in [1.54, 1.807) is 24.3 Å². The smallest absolute Gasteiger partial charge is 0.338 e. The van der Waals surface area contributed by atoms with Gasteiger partial charge in [-0.1, -0.05) is 70.4 Å². The molecule has 2 aromatic rings. The van der Waals surface area contributed by atoms with Crippen molar-refractivity contribution in [1.82, 2.24) is 0 Å². The monoisotopic (exact) mass is 564 g/mol. The van der Waals surface area contributed by atoms with Gasteiger partial charge < -0.3 is 25.7 Å². The lowest BCUT2D eigenvalue weighted by atomic mass is 9.80. The lowest BCUT2D eigenvalue weighted by Gasteiger charge is -2.28. The zero-order valence-corrected chi connectivity index (χ0v) is 24.7. The molecule has 0 aromatic heterocycles. The van der Waals surface area contributed by atoms with Crippen molar-refractivity contribution in [2.45, 2.75) is 84.0 Å². The average Bonchev–Trinajstić information content (AvgIpc) is 2.96. The minimum Gasteiger partial charge on any atom is -0.493 e. The van der Waals surface area contributed by atoms with Crippen LogP contribution >= 0.6 is 0 Å². The predicted octanol–water partition coefficient (Wildman–Crippen LogP) is 7.59. The van der Waals surface area contributed by atoms with E-state index < -0.39 is 5.97 Å². The van der Waals surface area contributed by atoms with Gasteiger partial charge in [0.25, 0.3) is 0 Å². The lowest BCUT2D eigenvalue weighted by Crippen LogP contribution is -2.20. The van der Waals surface area contributed by atoms with E-state index in [4.69, 9.17) is 25.7 Å². The number of rotatable bonds is 17. The molecule has 3 rings (SSSR count). The molecule has 0 radical (unpaired) electrons. The summed E-state index contributed by atoms with van der Waals surface area (Å²) in [5, 5.41) is 0. The summed E-state index contributed by atoms with van der Waals surface area (Å²) in [6.45, 7) is 3.85. The van der Waals surface area contributed by atoms with Crippen LogP contribution < -0.4 is 16.2 Å². The molecule has 0 aliphatic heterocycles. The van der Waals surface area contributed by atoms with Crippen LogP contribution in [0, 0.1) is 11.8 Å². The second kappa shape index (κ2) is 18.1. The van der Waals surface area contributed by atoms with E-state index >= 15 is 0 Å². The Bertz CT molecular complexity index is 1070. The number of anilines is 2.